The van der Waals surface area contributed by atoms with Crippen molar-refractivity contribution in [3.05, 3.63) is 0 Å². The molecule has 0 heterocycles. The van der Waals surface area contributed by atoms with E-state index in [9.17, 15) is 19.0 Å². The van der Waals surface area contributed by atoms with Gasteiger partial charge in [-0.25, -0.2) is 4.57 Å². The fourth-order valence-corrected chi connectivity index (χ4v) is 12.4. The first kappa shape index (κ1) is 82.0. The number of esters is 2. The number of carbonyl (C=O) groups excluding carboxylic acids is 2. The van der Waals surface area contributed by atoms with Crippen LogP contribution in [0, 0.1) is 0 Å². The van der Waals surface area contributed by atoms with E-state index in [4.69, 9.17) is 18.5 Å². The molecule has 0 saturated carbocycles. The number of nitrogens with zero attached hydrogens (tertiary/aromatic N) is 1. The maximum Gasteiger partial charge on any atom is 0.472 e. The van der Waals surface area contributed by atoms with Crippen LogP contribution in [0.1, 0.15) is 406 Å². The Bertz CT molecular complexity index is 1360. The van der Waals surface area contributed by atoms with Crippen LogP contribution in [-0.2, 0) is 32.7 Å². The highest BCUT2D eigenvalue weighted by molar-refractivity contribution is 7.47. The SMILES string of the molecule is CCCCCCCCCCCCCCCCCCCCCCCCCCCCCCCCCCCCCCCCCC(=O)OC(COC(=O)CCCCCCCCCCCCCCCCCCCCCC)COP(=O)(O)OCC[N+](C)(C)C. The van der Waals surface area contributed by atoms with Crippen molar-refractivity contribution in [2.75, 3.05) is 47.5 Å². The maximum atomic E-state index is 12.9. The number of rotatable bonds is 71. The predicted octanol–water partition coefficient (Wildman–Crippen LogP) is 24.1. The minimum absolute atomic E-state index is 0.0377. The summed E-state index contributed by atoms with van der Waals surface area (Å²) in [5.41, 5.74) is 0. The Balaban J connectivity index is 3.85. The van der Waals surface area contributed by atoms with Crippen LogP contribution < -0.4 is 0 Å². The Morgan fingerprint density at radius 3 is 0.771 bits per heavy atom. The Labute approximate surface area is 518 Å². The molecule has 2 unspecified atom stereocenters. The molecule has 0 saturated heterocycles. The molecule has 0 rings (SSSR count). The number of quaternary nitrogens is 1. The van der Waals surface area contributed by atoms with Gasteiger partial charge in [0.05, 0.1) is 27.7 Å². The van der Waals surface area contributed by atoms with Gasteiger partial charge in [-0.1, -0.05) is 380 Å². The van der Waals surface area contributed by atoms with Crippen molar-refractivity contribution in [1.29, 1.82) is 0 Å². The van der Waals surface area contributed by atoms with Gasteiger partial charge in [0, 0.05) is 12.8 Å². The van der Waals surface area contributed by atoms with Crippen LogP contribution in [0.15, 0.2) is 0 Å². The zero-order chi connectivity index (χ0) is 60.5. The second-order valence-electron chi connectivity index (χ2n) is 27.1. The predicted molar refractivity (Wildman–Crippen MR) is 358 cm³/mol. The highest BCUT2D eigenvalue weighted by atomic mass is 31.2. The van der Waals surface area contributed by atoms with Crippen molar-refractivity contribution in [2.45, 2.75) is 412 Å². The van der Waals surface area contributed by atoms with E-state index in [1.54, 1.807) is 0 Å². The molecule has 0 aliphatic heterocycles. The van der Waals surface area contributed by atoms with Crippen LogP contribution in [0.5, 0.6) is 0 Å². The van der Waals surface area contributed by atoms with Gasteiger partial charge >= 0.3 is 19.8 Å². The average Bonchev–Trinajstić information content (AvgIpc) is 3.48. The lowest BCUT2D eigenvalue weighted by Crippen LogP contribution is -2.37. The second kappa shape index (κ2) is 65.5. The van der Waals surface area contributed by atoms with E-state index in [1.807, 2.05) is 21.1 Å². The van der Waals surface area contributed by atoms with Gasteiger partial charge in [-0.15, -0.1) is 0 Å². The maximum absolute atomic E-state index is 12.9. The number of carbonyl (C=O) groups is 2. The second-order valence-corrected chi connectivity index (χ2v) is 28.5. The lowest BCUT2D eigenvalue weighted by molar-refractivity contribution is -0.870. The Morgan fingerprint density at radius 2 is 0.542 bits per heavy atom. The molecule has 496 valence electrons. The smallest absolute Gasteiger partial charge is 0.462 e. The van der Waals surface area contributed by atoms with Gasteiger partial charge in [0.1, 0.15) is 19.8 Å². The molecular formula is C73H147NO8P+. The fraction of sp³-hybridized carbons (Fsp3) is 0.973. The highest BCUT2D eigenvalue weighted by Crippen LogP contribution is 2.43. The molecule has 0 spiro atoms. The molecule has 0 amide bonds. The van der Waals surface area contributed by atoms with Gasteiger partial charge < -0.3 is 18.9 Å². The summed E-state index contributed by atoms with van der Waals surface area (Å²) in [4.78, 5) is 35.9. The standard InChI is InChI=1S/C73H146NO8P/c1-6-8-10-12-14-16-18-20-22-24-26-28-29-30-31-32-33-34-35-36-37-38-39-40-41-42-43-44-45-46-48-50-52-54-56-58-60-62-64-66-73(76)82-71(70-81-83(77,78)80-68-67-74(3,4)5)69-79-72(75)65-63-61-59-57-55-53-51-49-47-27-25-23-21-19-17-15-13-11-9-7-2/h71H,6-70H2,1-5H3/p+1. The van der Waals surface area contributed by atoms with Crippen LogP contribution in [0.2, 0.25) is 0 Å². The largest absolute Gasteiger partial charge is 0.472 e. The van der Waals surface area contributed by atoms with Crippen LogP contribution in [0.25, 0.3) is 0 Å². The normalized spacial score (nSPS) is 13.0. The molecule has 0 aliphatic rings. The molecule has 10 heteroatoms. The molecule has 2 atom stereocenters. The Morgan fingerprint density at radius 1 is 0.325 bits per heavy atom. The van der Waals surface area contributed by atoms with Crippen LogP contribution >= 0.6 is 7.82 Å². The molecule has 0 aromatic heterocycles. The van der Waals surface area contributed by atoms with Crippen molar-refractivity contribution < 1.29 is 42.1 Å². The molecule has 0 bridgehead atoms. The van der Waals surface area contributed by atoms with Crippen molar-refractivity contribution >= 4 is 19.8 Å². The number of phosphoric acid groups is 1. The van der Waals surface area contributed by atoms with Gasteiger partial charge in [-0.3, -0.25) is 18.6 Å². The minimum Gasteiger partial charge on any atom is -0.462 e. The van der Waals surface area contributed by atoms with Crippen LogP contribution in [0.4, 0.5) is 0 Å². The molecule has 83 heavy (non-hydrogen) atoms. The van der Waals surface area contributed by atoms with E-state index in [0.717, 1.165) is 38.5 Å². The molecule has 0 fully saturated rings. The highest BCUT2D eigenvalue weighted by Gasteiger charge is 2.27. The number of likely N-dealkylation sites (N-methyl/N-ethyl adjacent to an activating group) is 1. The summed E-state index contributed by atoms with van der Waals surface area (Å²) in [5.74, 6) is -0.768. The lowest BCUT2D eigenvalue weighted by Gasteiger charge is -2.24. The van der Waals surface area contributed by atoms with Gasteiger partial charge in [-0.05, 0) is 12.8 Å². The topological polar surface area (TPSA) is 108 Å². The molecule has 0 aromatic carbocycles. The van der Waals surface area contributed by atoms with E-state index < -0.39 is 26.5 Å². The first-order chi connectivity index (χ1) is 40.5. The monoisotopic (exact) mass is 1200 g/mol. The van der Waals surface area contributed by atoms with Gasteiger partial charge in [0.25, 0.3) is 0 Å². The number of hydrogen-bond acceptors (Lipinski definition) is 7. The molecule has 0 aliphatic carbocycles. The molecule has 1 N–H and O–H groups in total. The number of phosphoric ester groups is 1. The summed E-state index contributed by atoms with van der Waals surface area (Å²) in [6, 6.07) is 0. The summed E-state index contributed by atoms with van der Waals surface area (Å²) in [6.45, 7) is 4.53. The van der Waals surface area contributed by atoms with Gasteiger partial charge in [-0.2, -0.15) is 0 Å². The van der Waals surface area contributed by atoms with Crippen LogP contribution in [0.3, 0.4) is 0 Å². The average molecular weight is 1200 g/mol. The molecular weight excluding hydrogens is 1050 g/mol. The third-order valence-corrected chi connectivity index (χ3v) is 18.4. The van der Waals surface area contributed by atoms with E-state index >= 15 is 0 Å². The number of hydrogen-bond donors (Lipinski definition) is 1. The molecule has 0 radical (unpaired) electrons. The van der Waals surface area contributed by atoms with Crippen molar-refractivity contribution in [1.82, 2.24) is 0 Å². The first-order valence-corrected chi connectivity index (χ1v) is 38.8. The van der Waals surface area contributed by atoms with Crippen LogP contribution in [-0.4, -0.2) is 74.9 Å². The molecule has 0 aromatic rings. The zero-order valence-electron chi connectivity index (χ0n) is 56.7. The van der Waals surface area contributed by atoms with Crippen molar-refractivity contribution in [3.8, 4) is 0 Å². The number of ether oxygens (including phenoxy) is 2. The quantitative estimate of drug-likeness (QED) is 0.0278. The number of unbranched alkanes of at least 4 members (excludes halogenated alkanes) is 57. The van der Waals surface area contributed by atoms with E-state index in [-0.39, 0.29) is 25.6 Å². The summed E-state index contributed by atoms with van der Waals surface area (Å²) in [6.07, 6.45) is 79.6. The summed E-state index contributed by atoms with van der Waals surface area (Å²) < 4.78 is 34.7. The van der Waals surface area contributed by atoms with Crippen molar-refractivity contribution in [3.63, 3.8) is 0 Å². The lowest BCUT2D eigenvalue weighted by atomic mass is 10.0. The third kappa shape index (κ3) is 70.0. The summed E-state index contributed by atoms with van der Waals surface area (Å²) in [7, 11) is 1.51. The van der Waals surface area contributed by atoms with E-state index in [1.165, 1.54) is 340 Å². The summed E-state index contributed by atoms with van der Waals surface area (Å²) in [5, 5.41) is 0. The fourth-order valence-electron chi connectivity index (χ4n) is 11.7. The van der Waals surface area contributed by atoms with Gasteiger partial charge in [0.15, 0.2) is 6.10 Å². The Hall–Kier alpha value is -0.990. The third-order valence-electron chi connectivity index (χ3n) is 17.4. The summed E-state index contributed by atoms with van der Waals surface area (Å²) >= 11 is 0. The Kier molecular flexibility index (Phi) is 64.7. The molecule has 9 nitrogen and oxygen atoms in total. The van der Waals surface area contributed by atoms with E-state index in [0.29, 0.717) is 17.4 Å². The van der Waals surface area contributed by atoms with Crippen molar-refractivity contribution in [2.24, 2.45) is 0 Å². The first-order valence-electron chi connectivity index (χ1n) is 37.3. The van der Waals surface area contributed by atoms with Gasteiger partial charge in [0.2, 0.25) is 0 Å². The van der Waals surface area contributed by atoms with E-state index in [2.05, 4.69) is 13.8 Å². The zero-order valence-corrected chi connectivity index (χ0v) is 57.6. The minimum atomic E-state index is -4.38.